The first-order valence-corrected chi connectivity index (χ1v) is 11.7. The monoisotopic (exact) mass is 485 g/mol. The number of furan rings is 1. The summed E-state index contributed by atoms with van der Waals surface area (Å²) in [6.07, 6.45) is 3.41. The molecule has 170 valence electrons. The molecule has 0 aliphatic carbocycles. The summed E-state index contributed by atoms with van der Waals surface area (Å²) in [7, 11) is 0. The molecule has 0 aliphatic heterocycles. The van der Waals surface area contributed by atoms with Crippen LogP contribution >= 0.6 is 22.7 Å². The van der Waals surface area contributed by atoms with Crippen molar-refractivity contribution in [3.05, 3.63) is 70.6 Å². The summed E-state index contributed by atoms with van der Waals surface area (Å²) in [5.41, 5.74) is 0.958. The predicted octanol–water partition coefficient (Wildman–Crippen LogP) is 4.29. The predicted molar refractivity (Wildman–Crippen MR) is 123 cm³/mol. The highest BCUT2D eigenvalue weighted by molar-refractivity contribution is 7.17. The number of ether oxygens (including phenoxy) is 2. The van der Waals surface area contributed by atoms with Gasteiger partial charge in [-0.05, 0) is 36.6 Å². The van der Waals surface area contributed by atoms with Crippen molar-refractivity contribution >= 4 is 45.5 Å². The van der Waals surface area contributed by atoms with Crippen LogP contribution in [-0.2, 0) is 20.8 Å². The standard InChI is InChI=1S/C22H19N3O6S2/c1-2-29-22(28)19-15(17-5-3-10-32-17)13-33-20(19)24-18(26)12-30-21(27)16-7-6-14(31-16)11-25-9-4-8-23-25/h3-10,13H,2,11-12H2,1H3,(H,24,26). The van der Waals surface area contributed by atoms with Gasteiger partial charge in [0.25, 0.3) is 5.91 Å². The molecule has 4 rings (SSSR count). The first-order valence-electron chi connectivity index (χ1n) is 9.90. The lowest BCUT2D eigenvalue weighted by Crippen LogP contribution is -2.21. The third kappa shape index (κ3) is 5.38. The van der Waals surface area contributed by atoms with Crippen molar-refractivity contribution in [1.29, 1.82) is 0 Å². The van der Waals surface area contributed by atoms with E-state index in [-0.39, 0.29) is 17.9 Å². The van der Waals surface area contributed by atoms with Crippen molar-refractivity contribution in [3.63, 3.8) is 0 Å². The number of nitrogens with one attached hydrogen (secondary N) is 1. The van der Waals surface area contributed by atoms with Crippen LogP contribution in [0.2, 0.25) is 0 Å². The molecule has 11 heteroatoms. The summed E-state index contributed by atoms with van der Waals surface area (Å²) in [6.45, 7) is 1.74. The molecule has 0 fully saturated rings. The van der Waals surface area contributed by atoms with Gasteiger partial charge in [-0.25, -0.2) is 9.59 Å². The minimum Gasteiger partial charge on any atom is -0.462 e. The van der Waals surface area contributed by atoms with Gasteiger partial charge in [-0.1, -0.05) is 6.07 Å². The maximum atomic E-state index is 12.5. The van der Waals surface area contributed by atoms with Gasteiger partial charge in [-0.15, -0.1) is 22.7 Å². The summed E-state index contributed by atoms with van der Waals surface area (Å²) >= 11 is 2.67. The number of nitrogens with zero attached hydrogens (tertiary/aromatic N) is 2. The van der Waals surface area contributed by atoms with Gasteiger partial charge < -0.3 is 19.2 Å². The first-order chi connectivity index (χ1) is 16.0. The van der Waals surface area contributed by atoms with Gasteiger partial charge in [0.1, 0.15) is 16.3 Å². The average molecular weight is 486 g/mol. The number of hydrogen-bond donors (Lipinski definition) is 1. The summed E-state index contributed by atoms with van der Waals surface area (Å²) < 4.78 is 17.3. The van der Waals surface area contributed by atoms with Crippen molar-refractivity contribution in [2.75, 3.05) is 18.5 Å². The lowest BCUT2D eigenvalue weighted by molar-refractivity contribution is -0.119. The van der Waals surface area contributed by atoms with E-state index < -0.39 is 24.5 Å². The summed E-state index contributed by atoms with van der Waals surface area (Å²) in [5, 5.41) is 10.7. The number of carbonyl (C=O) groups is 3. The maximum Gasteiger partial charge on any atom is 0.374 e. The Morgan fingerprint density at radius 3 is 2.73 bits per heavy atom. The van der Waals surface area contributed by atoms with E-state index in [0.717, 1.165) is 4.88 Å². The van der Waals surface area contributed by atoms with Crippen molar-refractivity contribution in [2.45, 2.75) is 13.5 Å². The fourth-order valence-electron chi connectivity index (χ4n) is 2.96. The number of esters is 2. The number of rotatable bonds is 9. The zero-order valence-electron chi connectivity index (χ0n) is 17.5. The van der Waals surface area contributed by atoms with Gasteiger partial charge >= 0.3 is 11.9 Å². The van der Waals surface area contributed by atoms with Crippen molar-refractivity contribution < 1.29 is 28.3 Å². The van der Waals surface area contributed by atoms with E-state index in [9.17, 15) is 14.4 Å². The quantitative estimate of drug-likeness (QED) is 0.352. The fourth-order valence-corrected chi connectivity index (χ4v) is 4.75. The largest absolute Gasteiger partial charge is 0.462 e. The Balaban J connectivity index is 1.38. The Morgan fingerprint density at radius 2 is 2.00 bits per heavy atom. The third-order valence-corrected chi connectivity index (χ3v) is 6.18. The second-order valence-corrected chi connectivity index (χ2v) is 8.47. The van der Waals surface area contributed by atoms with E-state index in [1.807, 2.05) is 17.5 Å². The lowest BCUT2D eigenvalue weighted by atomic mass is 10.1. The van der Waals surface area contributed by atoms with E-state index in [1.165, 1.54) is 28.7 Å². The normalized spacial score (nSPS) is 10.7. The first kappa shape index (κ1) is 22.5. The minimum atomic E-state index is -0.770. The van der Waals surface area contributed by atoms with Crippen LogP contribution in [0.15, 0.2) is 57.9 Å². The van der Waals surface area contributed by atoms with Crippen LogP contribution in [0.3, 0.4) is 0 Å². The number of amides is 1. The van der Waals surface area contributed by atoms with Crippen molar-refractivity contribution in [2.24, 2.45) is 0 Å². The molecule has 1 N–H and O–H groups in total. The number of anilines is 1. The lowest BCUT2D eigenvalue weighted by Gasteiger charge is -2.08. The highest BCUT2D eigenvalue weighted by atomic mass is 32.1. The molecule has 0 saturated carbocycles. The van der Waals surface area contributed by atoms with E-state index in [4.69, 9.17) is 13.9 Å². The second-order valence-electron chi connectivity index (χ2n) is 6.65. The highest BCUT2D eigenvalue weighted by Crippen LogP contribution is 2.38. The third-order valence-electron chi connectivity index (χ3n) is 4.38. The molecule has 0 aliphatic rings. The van der Waals surface area contributed by atoms with Crippen molar-refractivity contribution in [1.82, 2.24) is 9.78 Å². The molecule has 0 bridgehead atoms. The van der Waals surface area contributed by atoms with Crippen LogP contribution < -0.4 is 5.32 Å². The van der Waals surface area contributed by atoms with Crippen LogP contribution in [0, 0.1) is 0 Å². The Kier molecular flexibility index (Phi) is 7.01. The van der Waals surface area contributed by atoms with Gasteiger partial charge in [-0.2, -0.15) is 5.10 Å². The average Bonchev–Trinajstić information content (AvgIpc) is 3.59. The van der Waals surface area contributed by atoms with Crippen molar-refractivity contribution in [3.8, 4) is 10.4 Å². The number of carbonyl (C=O) groups excluding carboxylic acids is 3. The molecule has 4 aromatic heterocycles. The Bertz CT molecular complexity index is 1240. The summed E-state index contributed by atoms with van der Waals surface area (Å²) in [6, 6.07) is 8.65. The molecule has 0 unspecified atom stereocenters. The van der Waals surface area contributed by atoms with Gasteiger partial charge in [0.2, 0.25) is 5.76 Å². The molecule has 0 saturated heterocycles. The zero-order valence-corrected chi connectivity index (χ0v) is 19.1. The summed E-state index contributed by atoms with van der Waals surface area (Å²) in [4.78, 5) is 38.1. The molecule has 0 aromatic carbocycles. The molecule has 33 heavy (non-hydrogen) atoms. The molecule has 0 atom stereocenters. The van der Waals surface area contributed by atoms with E-state index in [0.29, 0.717) is 22.9 Å². The number of hydrogen-bond acceptors (Lipinski definition) is 9. The molecule has 4 heterocycles. The smallest absolute Gasteiger partial charge is 0.374 e. The maximum absolute atomic E-state index is 12.5. The molecular weight excluding hydrogens is 466 g/mol. The van der Waals surface area contributed by atoms with Crippen LogP contribution in [0.25, 0.3) is 10.4 Å². The Hall–Kier alpha value is -3.70. The topological polar surface area (TPSA) is 113 Å². The van der Waals surface area contributed by atoms with Gasteiger partial charge in [0, 0.05) is 28.2 Å². The van der Waals surface area contributed by atoms with E-state index in [1.54, 1.807) is 41.5 Å². The highest BCUT2D eigenvalue weighted by Gasteiger charge is 2.24. The number of aromatic nitrogens is 2. The zero-order chi connectivity index (χ0) is 23.2. The van der Waals surface area contributed by atoms with E-state index >= 15 is 0 Å². The molecule has 4 aromatic rings. The van der Waals surface area contributed by atoms with Crippen LogP contribution in [0.4, 0.5) is 5.00 Å². The Labute approximate surface area is 196 Å². The van der Waals surface area contributed by atoms with Gasteiger partial charge in [-0.3, -0.25) is 9.48 Å². The molecule has 0 radical (unpaired) electrons. The molecule has 1 amide bonds. The summed E-state index contributed by atoms with van der Waals surface area (Å²) in [5.74, 6) is -1.39. The molecule has 0 spiro atoms. The number of thiophene rings is 2. The van der Waals surface area contributed by atoms with Gasteiger partial charge in [0.15, 0.2) is 6.61 Å². The molecule has 9 nitrogen and oxygen atoms in total. The second kappa shape index (κ2) is 10.3. The van der Waals surface area contributed by atoms with Gasteiger partial charge in [0.05, 0.1) is 13.2 Å². The van der Waals surface area contributed by atoms with Crippen LogP contribution in [-0.4, -0.2) is 40.8 Å². The molecular formula is C22H19N3O6S2. The SMILES string of the molecule is CCOC(=O)c1c(-c2cccs2)csc1NC(=O)COC(=O)c1ccc(Cn2cccn2)o1. The fraction of sp³-hybridized carbons (Fsp3) is 0.182. The van der Waals surface area contributed by atoms with E-state index in [2.05, 4.69) is 10.4 Å². The van der Waals surface area contributed by atoms with Crippen LogP contribution in [0.1, 0.15) is 33.6 Å². The Morgan fingerprint density at radius 1 is 1.12 bits per heavy atom. The minimum absolute atomic E-state index is 0.0201. The van der Waals surface area contributed by atoms with Crippen LogP contribution in [0.5, 0.6) is 0 Å².